The Morgan fingerprint density at radius 2 is 0.805 bits per heavy atom. The second-order valence-electron chi connectivity index (χ2n) is 8.28. The predicted molar refractivity (Wildman–Crippen MR) is 163 cm³/mol. The molecule has 244 valence electrons. The van der Waals surface area contributed by atoms with E-state index in [0.29, 0.717) is 19.3 Å². The number of rotatable bonds is 10. The van der Waals surface area contributed by atoms with Crippen LogP contribution in [0.3, 0.4) is 0 Å². The van der Waals surface area contributed by atoms with Crippen LogP contribution >= 0.6 is 0 Å². The van der Waals surface area contributed by atoms with E-state index in [1.165, 1.54) is 41.7 Å². The monoisotopic (exact) mass is 593 g/mol. The van der Waals surface area contributed by atoms with Gasteiger partial charge in [-0.2, -0.15) is 0 Å². The number of ketones is 6. The number of hydrogen-bond acceptors (Lipinski definition) is 10. The fraction of sp³-hybridized carbons (Fsp3) is 0.733. The quantitative estimate of drug-likeness (QED) is 0.273. The number of Topliss-reactive ketones (excluding diaryl/α,β-unsaturated/α-hetero) is 6. The summed E-state index contributed by atoms with van der Waals surface area (Å²) >= 11 is 0. The van der Waals surface area contributed by atoms with E-state index in [0.717, 1.165) is 19.6 Å². The largest absolute Gasteiger partial charge is 0.469 e. The van der Waals surface area contributed by atoms with Gasteiger partial charge in [-0.05, 0) is 54.9 Å². The van der Waals surface area contributed by atoms with Gasteiger partial charge in [0.25, 0.3) is 0 Å². The van der Waals surface area contributed by atoms with Gasteiger partial charge in [0.15, 0.2) is 0 Å². The number of carbonyl (C=O) groups excluding carboxylic acids is 8. The third kappa shape index (κ3) is 140. The number of ether oxygens (including phenoxy) is 2. The van der Waals surface area contributed by atoms with E-state index in [2.05, 4.69) is 17.0 Å². The maximum absolute atomic E-state index is 10.0. The molecule has 0 saturated carbocycles. The van der Waals surface area contributed by atoms with Crippen LogP contribution in [0.5, 0.6) is 0 Å². The van der Waals surface area contributed by atoms with E-state index < -0.39 is 0 Å². The fourth-order valence-electron chi connectivity index (χ4n) is 1.30. The van der Waals surface area contributed by atoms with Crippen LogP contribution in [0.25, 0.3) is 0 Å². The molecule has 0 aromatic heterocycles. The molecule has 0 rings (SSSR count). The molecular formula is C30H59NO10. The lowest BCUT2D eigenvalue weighted by Gasteiger charge is -1.88. The maximum atomic E-state index is 10.0. The molecule has 0 fully saturated rings. The van der Waals surface area contributed by atoms with Gasteiger partial charge in [-0.1, -0.05) is 27.7 Å². The van der Waals surface area contributed by atoms with Gasteiger partial charge in [-0.15, -0.1) is 0 Å². The highest BCUT2D eigenvalue weighted by molar-refractivity contribution is 5.97. The number of hydrogen-bond donors (Lipinski definition) is 1. The van der Waals surface area contributed by atoms with E-state index in [9.17, 15) is 38.4 Å². The van der Waals surface area contributed by atoms with Crippen molar-refractivity contribution in [3.8, 4) is 0 Å². The molecular weight excluding hydrogens is 534 g/mol. The summed E-state index contributed by atoms with van der Waals surface area (Å²) in [6.45, 7) is 21.3. The van der Waals surface area contributed by atoms with Gasteiger partial charge in [0.1, 0.15) is 34.7 Å². The predicted octanol–water partition coefficient (Wildman–Crippen LogP) is 4.83. The van der Waals surface area contributed by atoms with Crippen LogP contribution < -0.4 is 5.32 Å². The second-order valence-corrected chi connectivity index (χ2v) is 8.28. The molecule has 0 aliphatic rings. The summed E-state index contributed by atoms with van der Waals surface area (Å²) in [5.74, 6) is 0.141. The topological polar surface area (TPSA) is 167 Å². The summed E-state index contributed by atoms with van der Waals surface area (Å²) < 4.78 is 8.95. The molecule has 0 aliphatic heterocycles. The molecule has 1 N–H and O–H groups in total. The Morgan fingerprint density at radius 1 is 0.512 bits per heavy atom. The van der Waals surface area contributed by atoms with Crippen molar-refractivity contribution in [3.05, 3.63) is 0 Å². The molecule has 11 heteroatoms. The van der Waals surface area contributed by atoms with Gasteiger partial charge in [-0.3, -0.25) is 28.8 Å². The number of carbonyl (C=O) groups is 8. The molecule has 0 heterocycles. The summed E-state index contributed by atoms with van der Waals surface area (Å²) in [6, 6.07) is 0. The lowest BCUT2D eigenvalue weighted by atomic mass is 10.2. The van der Waals surface area contributed by atoms with Gasteiger partial charge in [-0.25, -0.2) is 0 Å². The molecule has 41 heavy (non-hydrogen) atoms. The highest BCUT2D eigenvalue weighted by Crippen LogP contribution is 1.81. The van der Waals surface area contributed by atoms with E-state index in [1.54, 1.807) is 27.9 Å². The Hall–Kier alpha value is -3.08. The van der Waals surface area contributed by atoms with Gasteiger partial charge in [0.2, 0.25) is 5.91 Å². The van der Waals surface area contributed by atoms with Gasteiger partial charge >= 0.3 is 5.97 Å². The highest BCUT2D eigenvalue weighted by atomic mass is 16.5. The zero-order chi connectivity index (χ0) is 34.4. The Kier molecular flexibility index (Phi) is 61.7. The minimum atomic E-state index is -0.157. The number of nitrogens with one attached hydrogen (secondary N) is 1. The van der Waals surface area contributed by atoms with E-state index in [1.807, 2.05) is 20.8 Å². The third-order valence-electron chi connectivity index (χ3n) is 3.34. The van der Waals surface area contributed by atoms with E-state index in [4.69, 9.17) is 4.74 Å². The normalized spacial score (nSPS) is 7.95. The standard InChI is InChI=1S/2C5H8O2.C4H9NO.C4H8O2.C4H10O.2C4H8O/c2*1-4(6)3-5(2)7;1-3-5-4(2)6;1-3-4(5)6-2;1-3-4-5-2;2*1-3-4(2)5/h2*3H2,1-2H3;3H2,1-2H3,(H,5,6);3H2,1-2H3;3-4H2,1-2H3;2*3H2,1-2H3. The van der Waals surface area contributed by atoms with Crippen molar-refractivity contribution in [3.63, 3.8) is 0 Å². The summed E-state index contributed by atoms with van der Waals surface area (Å²) in [6.07, 6.45) is 3.09. The lowest BCUT2D eigenvalue weighted by Crippen LogP contribution is -2.18. The Balaban J connectivity index is -0.0000000661. The smallest absolute Gasteiger partial charge is 0.305 e. The van der Waals surface area contributed by atoms with Crippen molar-refractivity contribution in [2.75, 3.05) is 27.4 Å². The lowest BCUT2D eigenvalue weighted by molar-refractivity contribution is -0.140. The second kappa shape index (κ2) is 46.8. The molecule has 0 atom stereocenters. The van der Waals surface area contributed by atoms with Crippen LogP contribution in [0.15, 0.2) is 0 Å². The first-order valence-electron chi connectivity index (χ1n) is 13.6. The molecule has 0 aromatic carbocycles. The molecule has 0 aliphatic carbocycles. The van der Waals surface area contributed by atoms with Crippen molar-refractivity contribution < 1.29 is 47.8 Å². The molecule has 0 saturated heterocycles. The summed E-state index contributed by atoms with van der Waals surface area (Å²) in [4.78, 5) is 79.6. The molecule has 0 bridgehead atoms. The average Bonchev–Trinajstić information content (AvgIpc) is 2.84. The highest BCUT2D eigenvalue weighted by Gasteiger charge is 1.95. The first-order chi connectivity index (χ1) is 18.8. The molecule has 0 radical (unpaired) electrons. The van der Waals surface area contributed by atoms with E-state index >= 15 is 0 Å². The minimum Gasteiger partial charge on any atom is -0.469 e. The number of amides is 1. The summed E-state index contributed by atoms with van der Waals surface area (Å²) in [5.41, 5.74) is 0. The van der Waals surface area contributed by atoms with Crippen molar-refractivity contribution >= 4 is 46.6 Å². The third-order valence-corrected chi connectivity index (χ3v) is 3.34. The van der Waals surface area contributed by atoms with Crippen LogP contribution in [0.4, 0.5) is 0 Å². The van der Waals surface area contributed by atoms with Crippen LogP contribution in [0.2, 0.25) is 0 Å². The van der Waals surface area contributed by atoms with E-state index in [-0.39, 0.29) is 59.4 Å². The Morgan fingerprint density at radius 3 is 0.805 bits per heavy atom. The first-order valence-corrected chi connectivity index (χ1v) is 13.6. The molecule has 0 spiro atoms. The molecule has 11 nitrogen and oxygen atoms in total. The molecule has 0 unspecified atom stereocenters. The van der Waals surface area contributed by atoms with Gasteiger partial charge in [0, 0.05) is 46.4 Å². The zero-order valence-corrected chi connectivity index (χ0v) is 28.2. The number of esters is 1. The summed E-state index contributed by atoms with van der Waals surface area (Å²) in [5, 5.41) is 2.57. The molecule has 1 amide bonds. The first kappa shape index (κ1) is 54.1. The van der Waals surface area contributed by atoms with Crippen molar-refractivity contribution in [2.24, 2.45) is 0 Å². The Bertz CT molecular complexity index is 629. The van der Waals surface area contributed by atoms with Crippen LogP contribution in [0.1, 0.15) is 122 Å². The van der Waals surface area contributed by atoms with Crippen molar-refractivity contribution in [1.29, 1.82) is 0 Å². The zero-order valence-electron chi connectivity index (χ0n) is 28.2. The fourth-order valence-corrected chi connectivity index (χ4v) is 1.30. The SMILES string of the molecule is CC(=O)CC(C)=O.CC(=O)CC(C)=O.CCC(=O)OC.CCC(C)=O.CCC(C)=O.CCCOC.CCNC(C)=O. The van der Waals surface area contributed by atoms with Gasteiger partial charge < -0.3 is 24.4 Å². The number of methoxy groups -OCH3 is 2. The average molecular weight is 594 g/mol. The van der Waals surface area contributed by atoms with Gasteiger partial charge in [0.05, 0.1) is 20.0 Å². The Labute approximate surface area is 248 Å². The van der Waals surface area contributed by atoms with Crippen LogP contribution in [-0.2, 0) is 47.8 Å². The van der Waals surface area contributed by atoms with Crippen LogP contribution in [-0.4, -0.2) is 73.9 Å². The summed E-state index contributed by atoms with van der Waals surface area (Å²) in [7, 11) is 3.09. The van der Waals surface area contributed by atoms with Crippen LogP contribution in [0, 0.1) is 0 Å². The molecule has 0 aromatic rings. The minimum absolute atomic E-state index is 0.0394. The maximum Gasteiger partial charge on any atom is 0.305 e. The van der Waals surface area contributed by atoms with Crippen molar-refractivity contribution in [2.45, 2.75) is 122 Å². The van der Waals surface area contributed by atoms with Crippen molar-refractivity contribution in [1.82, 2.24) is 5.32 Å².